The number of carbonyl (C=O) groups excluding carboxylic acids is 1. The Labute approximate surface area is 134 Å². The van der Waals surface area contributed by atoms with Gasteiger partial charge in [-0.25, -0.2) is 8.42 Å². The normalized spacial score (nSPS) is 17.8. The molecule has 2 rings (SSSR count). The highest BCUT2D eigenvalue weighted by Gasteiger charge is 2.28. The highest BCUT2D eigenvalue weighted by atomic mass is 32.2. The van der Waals surface area contributed by atoms with E-state index in [0.29, 0.717) is 10.8 Å². The number of Topliss-reactive ketones (excluding diaryl/α,β-unsaturated/α-hetero) is 1. The van der Waals surface area contributed by atoms with E-state index in [1.165, 1.54) is 31.9 Å². The minimum atomic E-state index is -3.19. The Bertz CT molecular complexity index is 608. The topological polar surface area (TPSA) is 51.2 Å². The Hall–Kier alpha value is -1.16. The van der Waals surface area contributed by atoms with Gasteiger partial charge in [0.1, 0.15) is 5.78 Å². The maximum atomic E-state index is 12.6. The summed E-state index contributed by atoms with van der Waals surface area (Å²) in [5.74, 6) is 0.791. The monoisotopic (exact) mass is 322 g/mol. The third-order valence-electron chi connectivity index (χ3n) is 4.67. The Morgan fingerprint density at radius 2 is 1.68 bits per heavy atom. The molecule has 0 aliphatic heterocycles. The van der Waals surface area contributed by atoms with Crippen molar-refractivity contribution in [2.24, 2.45) is 11.8 Å². The lowest BCUT2D eigenvalue weighted by molar-refractivity contribution is -0.123. The van der Waals surface area contributed by atoms with Gasteiger partial charge in [0, 0.05) is 18.1 Å². The largest absolute Gasteiger partial charge is 0.299 e. The molecule has 3 nitrogen and oxygen atoms in total. The summed E-state index contributed by atoms with van der Waals surface area (Å²) in [6.45, 7) is 3.88. The van der Waals surface area contributed by atoms with Gasteiger partial charge in [0.25, 0.3) is 0 Å². The van der Waals surface area contributed by atoms with Crippen LogP contribution in [0.2, 0.25) is 0 Å². The second kappa shape index (κ2) is 6.95. The van der Waals surface area contributed by atoms with Gasteiger partial charge in [0.15, 0.2) is 9.84 Å². The smallest absolute Gasteiger partial charge is 0.175 e. The molecule has 122 valence electrons. The van der Waals surface area contributed by atoms with E-state index in [-0.39, 0.29) is 17.6 Å². The number of ketones is 1. The van der Waals surface area contributed by atoms with Crippen molar-refractivity contribution in [2.75, 3.05) is 6.26 Å². The average molecular weight is 322 g/mol. The van der Waals surface area contributed by atoms with E-state index < -0.39 is 9.84 Å². The fraction of sp³-hybridized carbons (Fsp3) is 0.611. The summed E-state index contributed by atoms with van der Waals surface area (Å²) >= 11 is 0. The van der Waals surface area contributed by atoms with E-state index in [1.807, 2.05) is 26.0 Å². The fourth-order valence-electron chi connectivity index (χ4n) is 3.35. The Morgan fingerprint density at radius 1 is 1.14 bits per heavy atom. The first-order valence-corrected chi connectivity index (χ1v) is 10.0. The molecule has 0 saturated heterocycles. The van der Waals surface area contributed by atoms with Crippen molar-refractivity contribution >= 4 is 15.6 Å². The quantitative estimate of drug-likeness (QED) is 0.796. The third kappa shape index (κ3) is 4.19. The van der Waals surface area contributed by atoms with Crippen LogP contribution >= 0.6 is 0 Å². The summed E-state index contributed by atoms with van der Waals surface area (Å²) in [4.78, 5) is 12.9. The van der Waals surface area contributed by atoms with Gasteiger partial charge >= 0.3 is 0 Å². The second-order valence-corrected chi connectivity index (χ2v) is 8.85. The Kier molecular flexibility index (Phi) is 5.43. The molecule has 1 aromatic carbocycles. The maximum absolute atomic E-state index is 12.6. The van der Waals surface area contributed by atoms with E-state index >= 15 is 0 Å². The molecular formula is C18H26O3S. The summed E-state index contributed by atoms with van der Waals surface area (Å²) < 4.78 is 23.1. The van der Waals surface area contributed by atoms with E-state index in [9.17, 15) is 13.2 Å². The predicted molar refractivity (Wildman–Crippen MR) is 88.7 cm³/mol. The first-order valence-electron chi connectivity index (χ1n) is 8.12. The average Bonchev–Trinajstić information content (AvgIpc) is 2.96. The zero-order chi connectivity index (χ0) is 16.3. The van der Waals surface area contributed by atoms with Crippen molar-refractivity contribution < 1.29 is 13.2 Å². The molecule has 22 heavy (non-hydrogen) atoms. The van der Waals surface area contributed by atoms with Crippen molar-refractivity contribution in [1.29, 1.82) is 0 Å². The van der Waals surface area contributed by atoms with Crippen molar-refractivity contribution in [3.05, 3.63) is 29.8 Å². The van der Waals surface area contributed by atoms with E-state index in [2.05, 4.69) is 0 Å². The van der Waals surface area contributed by atoms with Crippen molar-refractivity contribution in [3.63, 3.8) is 0 Å². The molecule has 0 amide bonds. The molecule has 1 fully saturated rings. The van der Waals surface area contributed by atoms with Crippen LogP contribution < -0.4 is 0 Å². The second-order valence-electron chi connectivity index (χ2n) is 6.84. The maximum Gasteiger partial charge on any atom is 0.175 e. The fourth-order valence-corrected chi connectivity index (χ4v) is 3.98. The Morgan fingerprint density at radius 3 is 2.14 bits per heavy atom. The molecule has 0 N–H and O–H groups in total. The lowest BCUT2D eigenvalue weighted by Gasteiger charge is -2.22. The van der Waals surface area contributed by atoms with Crippen LogP contribution in [-0.4, -0.2) is 20.5 Å². The highest BCUT2D eigenvalue weighted by Crippen LogP contribution is 2.36. The van der Waals surface area contributed by atoms with Crippen LogP contribution in [0.15, 0.2) is 29.2 Å². The molecule has 1 saturated carbocycles. The van der Waals surface area contributed by atoms with E-state index in [4.69, 9.17) is 0 Å². The summed E-state index contributed by atoms with van der Waals surface area (Å²) in [5.41, 5.74) is 0.956. The number of benzene rings is 1. The molecule has 0 aromatic heterocycles. The number of carbonyl (C=O) groups is 1. The zero-order valence-electron chi connectivity index (χ0n) is 13.7. The SMILES string of the molecule is CC(C)C(=O)[C@H](CC1CCCC1)c1ccc(S(C)(=O)=O)cc1. The van der Waals surface area contributed by atoms with Crippen LogP contribution in [0, 0.1) is 11.8 Å². The number of hydrogen-bond acceptors (Lipinski definition) is 3. The lowest BCUT2D eigenvalue weighted by atomic mass is 9.81. The van der Waals surface area contributed by atoms with Crippen molar-refractivity contribution in [3.8, 4) is 0 Å². The molecule has 1 aliphatic carbocycles. The minimum Gasteiger partial charge on any atom is -0.299 e. The summed E-state index contributed by atoms with van der Waals surface area (Å²) in [6, 6.07) is 6.88. The third-order valence-corrected chi connectivity index (χ3v) is 5.80. The van der Waals surface area contributed by atoms with Crippen LogP contribution in [0.1, 0.15) is 57.4 Å². The van der Waals surface area contributed by atoms with Gasteiger partial charge in [-0.05, 0) is 30.0 Å². The van der Waals surface area contributed by atoms with Gasteiger partial charge in [-0.3, -0.25) is 4.79 Å². The van der Waals surface area contributed by atoms with Crippen LogP contribution in [0.4, 0.5) is 0 Å². The molecule has 1 atom stereocenters. The van der Waals surface area contributed by atoms with E-state index in [0.717, 1.165) is 12.0 Å². The minimum absolute atomic E-state index is 0.000914. The number of sulfone groups is 1. The van der Waals surface area contributed by atoms with Crippen LogP contribution in [0.25, 0.3) is 0 Å². The molecule has 0 heterocycles. The standard InChI is InChI=1S/C18H26O3S/c1-13(2)18(19)17(12-14-6-4-5-7-14)15-8-10-16(11-9-15)22(3,20)21/h8-11,13-14,17H,4-7,12H2,1-3H3/t17-/m1/s1. The molecule has 0 spiro atoms. The predicted octanol–water partition coefficient (Wildman–Crippen LogP) is 3.98. The highest BCUT2D eigenvalue weighted by molar-refractivity contribution is 7.90. The first-order chi connectivity index (χ1) is 10.3. The first kappa shape index (κ1) is 17.2. The molecular weight excluding hydrogens is 296 g/mol. The molecule has 0 bridgehead atoms. The molecule has 0 radical (unpaired) electrons. The molecule has 1 aliphatic rings. The van der Waals surface area contributed by atoms with Crippen molar-refractivity contribution in [1.82, 2.24) is 0 Å². The van der Waals surface area contributed by atoms with Crippen molar-refractivity contribution in [2.45, 2.75) is 56.8 Å². The van der Waals surface area contributed by atoms with Gasteiger partial charge in [0.2, 0.25) is 0 Å². The number of rotatable bonds is 6. The lowest BCUT2D eigenvalue weighted by Crippen LogP contribution is -2.20. The van der Waals surface area contributed by atoms with Crippen LogP contribution in [0.3, 0.4) is 0 Å². The summed E-state index contributed by atoms with van der Waals surface area (Å²) in [5, 5.41) is 0. The summed E-state index contributed by atoms with van der Waals surface area (Å²) in [6.07, 6.45) is 7.06. The van der Waals surface area contributed by atoms with Crippen LogP contribution in [0.5, 0.6) is 0 Å². The van der Waals surface area contributed by atoms with Gasteiger partial charge in [0.05, 0.1) is 4.90 Å². The zero-order valence-corrected chi connectivity index (χ0v) is 14.5. The summed E-state index contributed by atoms with van der Waals surface area (Å²) in [7, 11) is -3.19. The Balaban J connectivity index is 2.25. The molecule has 1 aromatic rings. The number of hydrogen-bond donors (Lipinski definition) is 0. The van der Waals surface area contributed by atoms with Gasteiger partial charge in [-0.2, -0.15) is 0 Å². The van der Waals surface area contributed by atoms with Gasteiger partial charge in [-0.15, -0.1) is 0 Å². The van der Waals surface area contributed by atoms with Crippen LogP contribution in [-0.2, 0) is 14.6 Å². The molecule has 0 unspecified atom stereocenters. The van der Waals surface area contributed by atoms with E-state index in [1.54, 1.807) is 12.1 Å². The molecule has 4 heteroatoms. The van der Waals surface area contributed by atoms with Gasteiger partial charge in [-0.1, -0.05) is 51.7 Å². The van der Waals surface area contributed by atoms with Gasteiger partial charge < -0.3 is 0 Å².